The Labute approximate surface area is 93.9 Å². The lowest BCUT2D eigenvalue weighted by Crippen LogP contribution is -2.29. The number of anilines is 1. The van der Waals surface area contributed by atoms with Crippen molar-refractivity contribution in [3.05, 3.63) is 23.9 Å². The highest BCUT2D eigenvalue weighted by Crippen LogP contribution is 2.15. The molecule has 16 heavy (non-hydrogen) atoms. The molecule has 0 saturated carbocycles. The van der Waals surface area contributed by atoms with Crippen LogP contribution in [0.5, 0.6) is 0 Å². The second kappa shape index (κ2) is 5.12. The van der Waals surface area contributed by atoms with Crippen LogP contribution < -0.4 is 4.90 Å². The van der Waals surface area contributed by atoms with Gasteiger partial charge in [-0.3, -0.25) is 4.79 Å². The molecule has 0 aliphatic rings. The maximum atomic E-state index is 10.7. The minimum atomic E-state index is -0.860. The molecule has 0 aromatic carbocycles. The number of carboxylic acids is 1. The van der Waals surface area contributed by atoms with Gasteiger partial charge >= 0.3 is 5.97 Å². The minimum Gasteiger partial charge on any atom is -0.481 e. The average Bonchev–Trinajstić information content (AvgIpc) is 2.28. The maximum absolute atomic E-state index is 10.7. The molecule has 1 aromatic rings. The molecule has 0 amide bonds. The van der Waals surface area contributed by atoms with Crippen LogP contribution in [0, 0.1) is 17.2 Å². The normalized spacial score (nSPS) is 11.6. The number of rotatable bonds is 4. The number of aliphatic carboxylic acids is 1. The largest absolute Gasteiger partial charge is 0.481 e. The number of aromatic nitrogens is 1. The van der Waals surface area contributed by atoms with Crippen molar-refractivity contribution in [2.45, 2.75) is 6.92 Å². The Morgan fingerprint density at radius 2 is 2.44 bits per heavy atom. The number of hydrogen-bond donors (Lipinski definition) is 1. The monoisotopic (exact) mass is 219 g/mol. The zero-order chi connectivity index (χ0) is 12.1. The van der Waals surface area contributed by atoms with E-state index in [0.29, 0.717) is 17.9 Å². The molecule has 0 fully saturated rings. The molecule has 1 atom stereocenters. The van der Waals surface area contributed by atoms with Crippen LogP contribution in [0.2, 0.25) is 0 Å². The molecule has 0 bridgehead atoms. The minimum absolute atomic E-state index is 0.320. The van der Waals surface area contributed by atoms with Crippen LogP contribution in [0.3, 0.4) is 0 Å². The van der Waals surface area contributed by atoms with Crippen LogP contribution in [0.15, 0.2) is 18.3 Å². The van der Waals surface area contributed by atoms with Crippen molar-refractivity contribution in [2.75, 3.05) is 18.5 Å². The van der Waals surface area contributed by atoms with Crippen molar-refractivity contribution in [1.29, 1.82) is 5.26 Å². The fourth-order valence-corrected chi connectivity index (χ4v) is 1.36. The lowest BCUT2D eigenvalue weighted by Gasteiger charge is -2.20. The molecule has 1 rings (SSSR count). The van der Waals surface area contributed by atoms with Crippen LogP contribution in [0.4, 0.5) is 5.82 Å². The summed E-state index contributed by atoms with van der Waals surface area (Å²) in [6, 6.07) is 5.36. The summed E-state index contributed by atoms with van der Waals surface area (Å²) in [7, 11) is 1.72. The van der Waals surface area contributed by atoms with Gasteiger partial charge in [0.2, 0.25) is 0 Å². The third-order valence-electron chi connectivity index (χ3n) is 2.24. The molecule has 5 nitrogen and oxygen atoms in total. The van der Waals surface area contributed by atoms with Crippen molar-refractivity contribution in [1.82, 2.24) is 4.98 Å². The van der Waals surface area contributed by atoms with E-state index in [2.05, 4.69) is 4.98 Å². The van der Waals surface area contributed by atoms with Gasteiger partial charge in [0.15, 0.2) is 0 Å². The van der Waals surface area contributed by atoms with E-state index in [1.54, 1.807) is 37.2 Å². The van der Waals surface area contributed by atoms with E-state index in [0.717, 1.165) is 0 Å². The quantitative estimate of drug-likeness (QED) is 0.820. The van der Waals surface area contributed by atoms with E-state index in [-0.39, 0.29) is 0 Å². The fourth-order valence-electron chi connectivity index (χ4n) is 1.36. The standard InChI is InChI=1S/C11H13N3O2/c1-8(11(15)16)7-14(2)10-9(6-12)4-3-5-13-10/h3-5,8H,7H2,1-2H3,(H,15,16). The third kappa shape index (κ3) is 2.70. The van der Waals surface area contributed by atoms with Crippen molar-refractivity contribution in [3.63, 3.8) is 0 Å². The highest BCUT2D eigenvalue weighted by atomic mass is 16.4. The summed E-state index contributed by atoms with van der Waals surface area (Å²) in [6.07, 6.45) is 1.58. The van der Waals surface area contributed by atoms with Gasteiger partial charge in [-0.15, -0.1) is 0 Å². The van der Waals surface area contributed by atoms with Crippen molar-refractivity contribution in [3.8, 4) is 6.07 Å². The molecule has 0 saturated heterocycles. The number of pyridine rings is 1. The molecule has 0 spiro atoms. The molecule has 1 aromatic heterocycles. The highest BCUT2D eigenvalue weighted by Gasteiger charge is 2.16. The Morgan fingerprint density at radius 3 is 3.00 bits per heavy atom. The van der Waals surface area contributed by atoms with E-state index in [1.165, 1.54) is 0 Å². The smallest absolute Gasteiger partial charge is 0.308 e. The van der Waals surface area contributed by atoms with Crippen LogP contribution in [0.1, 0.15) is 12.5 Å². The van der Waals surface area contributed by atoms with Gasteiger partial charge in [-0.05, 0) is 12.1 Å². The number of nitriles is 1. The number of carbonyl (C=O) groups is 1. The first-order valence-electron chi connectivity index (χ1n) is 4.85. The zero-order valence-electron chi connectivity index (χ0n) is 9.21. The van der Waals surface area contributed by atoms with Gasteiger partial charge in [0.05, 0.1) is 11.5 Å². The van der Waals surface area contributed by atoms with Gasteiger partial charge in [0, 0.05) is 19.8 Å². The summed E-state index contributed by atoms with van der Waals surface area (Å²) in [4.78, 5) is 16.5. The summed E-state index contributed by atoms with van der Waals surface area (Å²) < 4.78 is 0. The van der Waals surface area contributed by atoms with Gasteiger partial charge in [-0.25, -0.2) is 4.98 Å². The predicted octanol–water partition coefficient (Wildman–Crippen LogP) is 1.11. The van der Waals surface area contributed by atoms with E-state index in [9.17, 15) is 4.79 Å². The summed E-state index contributed by atoms with van der Waals surface area (Å²) in [5.41, 5.74) is 0.447. The molecular weight excluding hydrogens is 206 g/mol. The molecule has 0 radical (unpaired) electrons. The Balaban J connectivity index is 2.85. The molecule has 84 valence electrons. The van der Waals surface area contributed by atoms with Crippen LogP contribution >= 0.6 is 0 Å². The van der Waals surface area contributed by atoms with Crippen molar-refractivity contribution < 1.29 is 9.90 Å². The molecular formula is C11H13N3O2. The topological polar surface area (TPSA) is 77.2 Å². The second-order valence-electron chi connectivity index (χ2n) is 3.61. The van der Waals surface area contributed by atoms with Crippen molar-refractivity contribution in [2.24, 2.45) is 5.92 Å². The molecule has 1 heterocycles. The number of carboxylic acid groups (broad SMARTS) is 1. The van der Waals surface area contributed by atoms with Crippen LogP contribution in [-0.4, -0.2) is 29.7 Å². The first kappa shape index (κ1) is 12.0. The van der Waals surface area contributed by atoms with Gasteiger partial charge in [-0.1, -0.05) is 6.92 Å². The SMILES string of the molecule is CC(CN(C)c1ncccc1C#N)C(=O)O. The molecule has 1 N–H and O–H groups in total. The van der Waals surface area contributed by atoms with Gasteiger partial charge in [0.1, 0.15) is 11.9 Å². The lowest BCUT2D eigenvalue weighted by molar-refractivity contribution is -0.140. The van der Waals surface area contributed by atoms with E-state index in [4.69, 9.17) is 10.4 Å². The predicted molar refractivity (Wildman–Crippen MR) is 59.0 cm³/mol. The summed E-state index contributed by atoms with van der Waals surface area (Å²) >= 11 is 0. The van der Waals surface area contributed by atoms with Crippen molar-refractivity contribution >= 4 is 11.8 Å². The number of nitrogens with zero attached hydrogens (tertiary/aromatic N) is 3. The average molecular weight is 219 g/mol. The summed E-state index contributed by atoms with van der Waals surface area (Å²) in [6.45, 7) is 1.94. The fraction of sp³-hybridized carbons (Fsp3) is 0.364. The Hall–Kier alpha value is -2.09. The van der Waals surface area contributed by atoms with Crippen LogP contribution in [0.25, 0.3) is 0 Å². The molecule has 0 aliphatic carbocycles. The first-order chi connectivity index (χ1) is 7.56. The summed E-state index contributed by atoms with van der Waals surface area (Å²) in [5.74, 6) is -0.849. The van der Waals surface area contributed by atoms with E-state index >= 15 is 0 Å². The highest BCUT2D eigenvalue weighted by molar-refractivity contribution is 5.70. The Morgan fingerprint density at radius 1 is 1.75 bits per heavy atom. The zero-order valence-corrected chi connectivity index (χ0v) is 9.21. The van der Waals surface area contributed by atoms with Gasteiger partial charge < -0.3 is 10.0 Å². The van der Waals surface area contributed by atoms with E-state index < -0.39 is 11.9 Å². The van der Waals surface area contributed by atoms with Gasteiger partial charge in [-0.2, -0.15) is 5.26 Å². The third-order valence-corrected chi connectivity index (χ3v) is 2.24. The maximum Gasteiger partial charge on any atom is 0.308 e. The summed E-state index contributed by atoms with van der Waals surface area (Å²) in [5, 5.41) is 17.7. The van der Waals surface area contributed by atoms with Crippen LogP contribution in [-0.2, 0) is 4.79 Å². The number of hydrogen-bond acceptors (Lipinski definition) is 4. The Kier molecular flexibility index (Phi) is 3.84. The molecule has 5 heteroatoms. The molecule has 1 unspecified atom stereocenters. The van der Waals surface area contributed by atoms with Gasteiger partial charge in [0.25, 0.3) is 0 Å². The lowest BCUT2D eigenvalue weighted by atomic mass is 10.1. The first-order valence-corrected chi connectivity index (χ1v) is 4.85. The molecule has 0 aliphatic heterocycles. The van der Waals surface area contributed by atoms with E-state index in [1.807, 2.05) is 6.07 Å². The Bertz CT molecular complexity index is 425. The second-order valence-corrected chi connectivity index (χ2v) is 3.61.